The maximum atomic E-state index is 12.9. The zero-order valence-corrected chi connectivity index (χ0v) is 18.3. The van der Waals surface area contributed by atoms with E-state index < -0.39 is 10.0 Å². The maximum absolute atomic E-state index is 12.9. The van der Waals surface area contributed by atoms with Gasteiger partial charge in [-0.05, 0) is 48.1 Å². The number of amides is 1. The van der Waals surface area contributed by atoms with Crippen LogP contribution in [0.5, 0.6) is 0 Å². The number of hydrogen-bond acceptors (Lipinski definition) is 3. The van der Waals surface area contributed by atoms with E-state index in [1.165, 1.54) is 4.31 Å². The number of carbonyl (C=O) groups excluding carboxylic acids is 1. The van der Waals surface area contributed by atoms with Gasteiger partial charge in [0, 0.05) is 31.7 Å². The second-order valence-corrected chi connectivity index (χ2v) is 10.4. The van der Waals surface area contributed by atoms with Crippen molar-refractivity contribution < 1.29 is 13.2 Å². The van der Waals surface area contributed by atoms with Crippen molar-refractivity contribution in [1.82, 2.24) is 9.21 Å². The predicted molar refractivity (Wildman–Crippen MR) is 115 cm³/mol. The standard InChI is InChI=1S/C23H30N2O3S/c1-4-25(29(27,28)21-9-6-5-7-10-21)17-19-11-13-20(14-12-19)22(26)24-16-8-15-23(2,3)18-24/h5-7,9-14H,4,8,15-18H2,1-3H3. The molecule has 3 rings (SSSR count). The summed E-state index contributed by atoms with van der Waals surface area (Å²) in [6.07, 6.45) is 2.16. The Labute approximate surface area is 174 Å². The molecule has 1 heterocycles. The van der Waals surface area contributed by atoms with Gasteiger partial charge in [0.1, 0.15) is 0 Å². The van der Waals surface area contributed by atoms with E-state index in [-0.39, 0.29) is 17.9 Å². The van der Waals surface area contributed by atoms with E-state index in [9.17, 15) is 13.2 Å². The number of likely N-dealkylation sites (tertiary alicyclic amines) is 1. The van der Waals surface area contributed by atoms with Crippen molar-refractivity contribution in [1.29, 1.82) is 0 Å². The van der Waals surface area contributed by atoms with Crippen LogP contribution in [0.4, 0.5) is 0 Å². The lowest BCUT2D eigenvalue weighted by molar-refractivity contribution is 0.0583. The molecular formula is C23H30N2O3S. The number of piperidine rings is 1. The van der Waals surface area contributed by atoms with Crippen LogP contribution < -0.4 is 0 Å². The lowest BCUT2D eigenvalue weighted by Crippen LogP contribution is -2.43. The molecule has 2 aromatic rings. The first kappa shape index (κ1) is 21.5. The summed E-state index contributed by atoms with van der Waals surface area (Å²) in [5.41, 5.74) is 1.67. The first-order valence-electron chi connectivity index (χ1n) is 10.2. The van der Waals surface area contributed by atoms with E-state index >= 15 is 0 Å². The Hall–Kier alpha value is -2.18. The quantitative estimate of drug-likeness (QED) is 0.713. The molecule has 2 aromatic carbocycles. The molecule has 29 heavy (non-hydrogen) atoms. The summed E-state index contributed by atoms with van der Waals surface area (Å²) in [4.78, 5) is 15.1. The van der Waals surface area contributed by atoms with E-state index in [1.807, 2.05) is 36.1 Å². The molecule has 1 saturated heterocycles. The number of sulfonamides is 1. The van der Waals surface area contributed by atoms with Gasteiger partial charge in [-0.2, -0.15) is 4.31 Å². The molecule has 0 atom stereocenters. The molecule has 0 spiro atoms. The number of rotatable bonds is 6. The van der Waals surface area contributed by atoms with E-state index in [4.69, 9.17) is 0 Å². The molecular weight excluding hydrogens is 384 g/mol. The first-order chi connectivity index (χ1) is 13.7. The topological polar surface area (TPSA) is 57.7 Å². The summed E-state index contributed by atoms with van der Waals surface area (Å²) < 4.78 is 27.2. The summed E-state index contributed by atoms with van der Waals surface area (Å²) in [7, 11) is -3.55. The number of benzene rings is 2. The van der Waals surface area contributed by atoms with Gasteiger partial charge in [0.2, 0.25) is 10.0 Å². The highest BCUT2D eigenvalue weighted by molar-refractivity contribution is 7.89. The molecule has 0 unspecified atom stereocenters. The average Bonchev–Trinajstić information content (AvgIpc) is 2.71. The fourth-order valence-electron chi connectivity index (χ4n) is 3.84. The minimum atomic E-state index is -3.55. The van der Waals surface area contributed by atoms with Crippen LogP contribution in [0.1, 0.15) is 49.5 Å². The second-order valence-electron chi connectivity index (χ2n) is 8.44. The molecule has 5 nitrogen and oxygen atoms in total. The minimum absolute atomic E-state index is 0.0496. The second kappa shape index (κ2) is 8.67. The van der Waals surface area contributed by atoms with Gasteiger partial charge in [-0.3, -0.25) is 4.79 Å². The third-order valence-corrected chi connectivity index (χ3v) is 7.42. The largest absolute Gasteiger partial charge is 0.338 e. The van der Waals surface area contributed by atoms with Crippen LogP contribution in [0.25, 0.3) is 0 Å². The van der Waals surface area contributed by atoms with Crippen molar-refractivity contribution in [3.05, 3.63) is 65.7 Å². The lowest BCUT2D eigenvalue weighted by atomic mass is 9.84. The number of hydrogen-bond donors (Lipinski definition) is 0. The average molecular weight is 415 g/mol. The number of carbonyl (C=O) groups is 1. The van der Waals surface area contributed by atoms with Crippen molar-refractivity contribution in [2.45, 2.75) is 45.1 Å². The Morgan fingerprint density at radius 1 is 1.07 bits per heavy atom. The maximum Gasteiger partial charge on any atom is 0.253 e. The molecule has 0 bridgehead atoms. The van der Waals surface area contributed by atoms with Gasteiger partial charge in [-0.15, -0.1) is 0 Å². The Morgan fingerprint density at radius 3 is 2.31 bits per heavy atom. The van der Waals surface area contributed by atoms with Gasteiger partial charge >= 0.3 is 0 Å². The summed E-state index contributed by atoms with van der Waals surface area (Å²) >= 11 is 0. The molecule has 1 fully saturated rings. The fourth-order valence-corrected chi connectivity index (χ4v) is 5.30. The Bertz CT molecular complexity index is 938. The zero-order chi connectivity index (χ0) is 21.1. The van der Waals surface area contributed by atoms with Gasteiger partial charge in [0.15, 0.2) is 0 Å². The summed E-state index contributed by atoms with van der Waals surface area (Å²) in [5.74, 6) is 0.0496. The Kier molecular flexibility index (Phi) is 6.44. The first-order valence-corrected chi connectivity index (χ1v) is 11.6. The van der Waals surface area contributed by atoms with Crippen LogP contribution in [-0.4, -0.2) is 43.2 Å². The Morgan fingerprint density at radius 2 is 1.72 bits per heavy atom. The van der Waals surface area contributed by atoms with Gasteiger partial charge in [0.25, 0.3) is 5.91 Å². The van der Waals surface area contributed by atoms with Crippen LogP contribution in [-0.2, 0) is 16.6 Å². The van der Waals surface area contributed by atoms with Crippen molar-refractivity contribution in [3.63, 3.8) is 0 Å². The molecule has 0 aromatic heterocycles. The van der Waals surface area contributed by atoms with Crippen molar-refractivity contribution >= 4 is 15.9 Å². The zero-order valence-electron chi connectivity index (χ0n) is 17.5. The molecule has 1 aliphatic rings. The molecule has 1 amide bonds. The van der Waals surface area contributed by atoms with Gasteiger partial charge in [-0.1, -0.05) is 51.1 Å². The van der Waals surface area contributed by atoms with E-state index in [2.05, 4.69) is 13.8 Å². The van der Waals surface area contributed by atoms with Crippen molar-refractivity contribution in [3.8, 4) is 0 Å². The van der Waals surface area contributed by atoms with Gasteiger partial charge < -0.3 is 4.90 Å². The lowest BCUT2D eigenvalue weighted by Gasteiger charge is -2.38. The van der Waals surface area contributed by atoms with Gasteiger partial charge in [0.05, 0.1) is 4.90 Å². The SMILES string of the molecule is CCN(Cc1ccc(C(=O)N2CCCC(C)(C)C2)cc1)S(=O)(=O)c1ccccc1. The third-order valence-electron chi connectivity index (χ3n) is 5.48. The highest BCUT2D eigenvalue weighted by atomic mass is 32.2. The van der Waals surface area contributed by atoms with E-state index in [1.54, 1.807) is 30.3 Å². The van der Waals surface area contributed by atoms with Crippen molar-refractivity contribution in [2.75, 3.05) is 19.6 Å². The normalized spacial score (nSPS) is 16.8. The smallest absolute Gasteiger partial charge is 0.253 e. The summed E-state index contributed by atoms with van der Waals surface area (Å²) in [5, 5.41) is 0. The van der Waals surface area contributed by atoms with Crippen LogP contribution in [0.15, 0.2) is 59.5 Å². The minimum Gasteiger partial charge on any atom is -0.338 e. The molecule has 0 radical (unpaired) electrons. The Balaban J connectivity index is 1.72. The molecule has 1 aliphatic heterocycles. The van der Waals surface area contributed by atoms with Crippen molar-refractivity contribution in [2.24, 2.45) is 5.41 Å². The van der Waals surface area contributed by atoms with E-state index in [0.717, 1.165) is 31.5 Å². The van der Waals surface area contributed by atoms with Crippen LogP contribution in [0.3, 0.4) is 0 Å². The van der Waals surface area contributed by atoms with E-state index in [0.29, 0.717) is 17.0 Å². The highest BCUT2D eigenvalue weighted by Crippen LogP contribution is 2.29. The fraction of sp³-hybridized carbons (Fsp3) is 0.435. The molecule has 0 aliphatic carbocycles. The summed E-state index contributed by atoms with van der Waals surface area (Å²) in [6, 6.07) is 15.8. The van der Waals surface area contributed by atoms with Crippen LogP contribution in [0.2, 0.25) is 0 Å². The highest BCUT2D eigenvalue weighted by Gasteiger charge is 2.29. The van der Waals surface area contributed by atoms with Gasteiger partial charge in [-0.25, -0.2) is 8.42 Å². The molecule has 6 heteroatoms. The van der Waals surface area contributed by atoms with Crippen LogP contribution >= 0.6 is 0 Å². The summed E-state index contributed by atoms with van der Waals surface area (Å²) in [6.45, 7) is 8.44. The van der Waals surface area contributed by atoms with Crippen LogP contribution in [0, 0.1) is 5.41 Å². The number of nitrogens with zero attached hydrogens (tertiary/aromatic N) is 2. The molecule has 156 valence electrons. The molecule has 0 saturated carbocycles. The predicted octanol–water partition coefficient (Wildman–Crippen LogP) is 4.16. The monoisotopic (exact) mass is 414 g/mol. The third kappa shape index (κ3) is 5.06. The molecule has 0 N–H and O–H groups in total.